The number of hydrogen-bond donors (Lipinski definition) is 0. The van der Waals surface area contributed by atoms with Gasteiger partial charge in [0.05, 0.1) is 34.7 Å². The second-order valence-electron chi connectivity index (χ2n) is 9.53. The van der Waals surface area contributed by atoms with Gasteiger partial charge in [0.1, 0.15) is 0 Å². The Kier molecular flexibility index (Phi) is 4.73. The van der Waals surface area contributed by atoms with Gasteiger partial charge in [0, 0.05) is 43.2 Å². The Morgan fingerprint density at radius 3 is 2.74 bits per heavy atom. The van der Waals surface area contributed by atoms with Gasteiger partial charge in [-0.15, -0.1) is 11.3 Å². The van der Waals surface area contributed by atoms with Crippen molar-refractivity contribution in [1.29, 1.82) is 0 Å². The number of halogens is 1. The SMILES string of the molecule is Cc1nc(CN2CC[C@@]3(CN(C(=O)C4(F)CC4)C[C@H]3c3cn(C(C)C)cn3)C2=O)cs1. The predicted molar refractivity (Wildman–Crippen MR) is 114 cm³/mol. The molecular formula is C22H28FN5O2S. The minimum absolute atomic E-state index is 0.0289. The summed E-state index contributed by atoms with van der Waals surface area (Å²) in [7, 11) is 0. The maximum Gasteiger partial charge on any atom is 0.260 e. The number of rotatable bonds is 5. The fourth-order valence-electron chi connectivity index (χ4n) is 5.02. The third-order valence-corrected chi connectivity index (χ3v) is 7.86. The molecule has 2 atom stereocenters. The summed E-state index contributed by atoms with van der Waals surface area (Å²) in [6.45, 7) is 7.79. The molecule has 1 aliphatic carbocycles. The van der Waals surface area contributed by atoms with E-state index in [9.17, 15) is 14.0 Å². The number of hydrogen-bond acceptors (Lipinski definition) is 5. The summed E-state index contributed by atoms with van der Waals surface area (Å²) in [4.78, 5) is 39.1. The lowest BCUT2D eigenvalue weighted by atomic mass is 9.75. The van der Waals surface area contributed by atoms with Crippen LogP contribution in [0.4, 0.5) is 4.39 Å². The van der Waals surface area contributed by atoms with Gasteiger partial charge in [-0.1, -0.05) is 0 Å². The van der Waals surface area contributed by atoms with Crippen LogP contribution in [0, 0.1) is 12.3 Å². The Hall–Kier alpha value is -2.29. The molecule has 3 aliphatic rings. The first-order valence-corrected chi connectivity index (χ1v) is 11.8. The van der Waals surface area contributed by atoms with Crippen LogP contribution in [-0.4, -0.2) is 61.5 Å². The largest absolute Gasteiger partial charge is 0.338 e. The molecule has 0 radical (unpaired) electrons. The highest BCUT2D eigenvalue weighted by Gasteiger charge is 2.62. The van der Waals surface area contributed by atoms with Crippen LogP contribution in [0.3, 0.4) is 0 Å². The fraction of sp³-hybridized carbons (Fsp3) is 0.636. The number of aromatic nitrogens is 3. The van der Waals surface area contributed by atoms with Crippen LogP contribution < -0.4 is 0 Å². The number of imidazole rings is 1. The molecule has 1 spiro atoms. The third kappa shape index (κ3) is 3.37. The van der Waals surface area contributed by atoms with Gasteiger partial charge in [0.25, 0.3) is 5.91 Å². The molecule has 0 bridgehead atoms. The minimum Gasteiger partial charge on any atom is -0.338 e. The molecule has 166 valence electrons. The molecule has 3 fully saturated rings. The van der Waals surface area contributed by atoms with Crippen molar-refractivity contribution in [2.75, 3.05) is 19.6 Å². The smallest absolute Gasteiger partial charge is 0.260 e. The van der Waals surface area contributed by atoms with E-state index in [2.05, 4.69) is 23.8 Å². The van der Waals surface area contributed by atoms with Gasteiger partial charge < -0.3 is 14.4 Å². The van der Waals surface area contributed by atoms with E-state index in [0.29, 0.717) is 26.1 Å². The van der Waals surface area contributed by atoms with Crippen LogP contribution in [0.25, 0.3) is 0 Å². The summed E-state index contributed by atoms with van der Waals surface area (Å²) in [5.74, 6) is -0.659. The van der Waals surface area contributed by atoms with E-state index in [0.717, 1.165) is 16.4 Å². The molecule has 31 heavy (non-hydrogen) atoms. The second kappa shape index (κ2) is 7.12. The monoisotopic (exact) mass is 445 g/mol. The normalized spacial score (nSPS) is 27.1. The zero-order valence-electron chi connectivity index (χ0n) is 18.2. The van der Waals surface area contributed by atoms with Gasteiger partial charge in [-0.05, 0) is 40.0 Å². The van der Waals surface area contributed by atoms with E-state index < -0.39 is 17.0 Å². The number of likely N-dealkylation sites (tertiary alicyclic amines) is 2. The Balaban J connectivity index is 1.45. The number of amides is 2. The van der Waals surface area contributed by atoms with Crippen LogP contribution in [0.5, 0.6) is 0 Å². The van der Waals surface area contributed by atoms with E-state index in [1.165, 1.54) is 0 Å². The molecule has 0 aromatic carbocycles. The molecular weight excluding hydrogens is 417 g/mol. The highest BCUT2D eigenvalue weighted by Crippen LogP contribution is 2.52. The minimum atomic E-state index is -1.73. The van der Waals surface area contributed by atoms with Gasteiger partial charge in [0.15, 0.2) is 5.67 Å². The Labute approximate surface area is 185 Å². The van der Waals surface area contributed by atoms with Crippen LogP contribution in [0.1, 0.15) is 61.5 Å². The summed E-state index contributed by atoms with van der Waals surface area (Å²) >= 11 is 1.57. The van der Waals surface area contributed by atoms with Crippen molar-refractivity contribution in [3.63, 3.8) is 0 Å². The summed E-state index contributed by atoms with van der Waals surface area (Å²) < 4.78 is 16.6. The lowest BCUT2D eigenvalue weighted by Crippen LogP contribution is -2.42. The van der Waals surface area contributed by atoms with Crippen molar-refractivity contribution in [3.8, 4) is 0 Å². The van der Waals surface area contributed by atoms with E-state index in [-0.39, 0.29) is 37.3 Å². The topological polar surface area (TPSA) is 71.3 Å². The zero-order valence-corrected chi connectivity index (χ0v) is 19.0. The maximum atomic E-state index is 14.6. The van der Waals surface area contributed by atoms with Crippen molar-refractivity contribution >= 4 is 23.2 Å². The summed E-state index contributed by atoms with van der Waals surface area (Å²) in [6.07, 6.45) is 4.96. The fourth-order valence-corrected chi connectivity index (χ4v) is 5.62. The summed E-state index contributed by atoms with van der Waals surface area (Å²) in [6, 6.07) is 0.251. The number of thiazole rings is 1. The van der Waals surface area contributed by atoms with Gasteiger partial charge in [0.2, 0.25) is 5.91 Å². The molecule has 2 amide bonds. The molecule has 0 unspecified atom stereocenters. The van der Waals surface area contributed by atoms with Gasteiger partial charge >= 0.3 is 0 Å². The summed E-state index contributed by atoms with van der Waals surface area (Å²) in [5.41, 5.74) is -0.776. The molecule has 2 aromatic heterocycles. The van der Waals surface area contributed by atoms with Crippen molar-refractivity contribution < 1.29 is 14.0 Å². The van der Waals surface area contributed by atoms with Crippen LogP contribution in [0.2, 0.25) is 0 Å². The first-order valence-electron chi connectivity index (χ1n) is 10.9. The number of alkyl halides is 1. The van der Waals surface area contributed by atoms with E-state index >= 15 is 0 Å². The van der Waals surface area contributed by atoms with Gasteiger partial charge in [-0.3, -0.25) is 9.59 Å². The quantitative estimate of drug-likeness (QED) is 0.709. The maximum absolute atomic E-state index is 14.6. The average Bonchev–Trinajstić information content (AvgIpc) is 3.16. The van der Waals surface area contributed by atoms with E-state index in [1.54, 1.807) is 22.6 Å². The summed E-state index contributed by atoms with van der Waals surface area (Å²) in [5, 5.41) is 2.96. The van der Waals surface area contributed by atoms with Crippen LogP contribution in [0.15, 0.2) is 17.9 Å². The van der Waals surface area contributed by atoms with Crippen molar-refractivity contribution in [1.82, 2.24) is 24.3 Å². The molecule has 0 N–H and O–H groups in total. The van der Waals surface area contributed by atoms with Gasteiger partial charge in [-0.25, -0.2) is 14.4 Å². The lowest BCUT2D eigenvalue weighted by molar-refractivity contribution is -0.139. The average molecular weight is 446 g/mol. The molecule has 7 nitrogen and oxygen atoms in total. The van der Waals surface area contributed by atoms with Crippen molar-refractivity contribution in [2.45, 2.75) is 64.2 Å². The molecule has 1 saturated carbocycles. The van der Waals surface area contributed by atoms with Crippen LogP contribution >= 0.6 is 11.3 Å². The van der Waals surface area contributed by atoms with Crippen molar-refractivity contribution in [2.24, 2.45) is 5.41 Å². The number of carbonyl (C=O) groups excluding carboxylic acids is 2. The molecule has 2 aliphatic heterocycles. The molecule has 2 saturated heterocycles. The zero-order chi connectivity index (χ0) is 22.0. The highest BCUT2D eigenvalue weighted by molar-refractivity contribution is 7.09. The van der Waals surface area contributed by atoms with E-state index in [4.69, 9.17) is 0 Å². The highest BCUT2D eigenvalue weighted by atomic mass is 32.1. The molecule has 2 aromatic rings. The number of carbonyl (C=O) groups is 2. The first kappa shape index (κ1) is 20.6. The second-order valence-corrected chi connectivity index (χ2v) is 10.6. The Bertz CT molecular complexity index is 1030. The first-order chi connectivity index (χ1) is 14.7. The number of nitrogens with zero attached hydrogens (tertiary/aromatic N) is 5. The Morgan fingerprint density at radius 2 is 2.13 bits per heavy atom. The lowest BCUT2D eigenvalue weighted by Gasteiger charge is -2.27. The molecule has 4 heterocycles. The standard InChI is InChI=1S/C22H28FN5O2S/c1-14(2)28-10-18(24-13-28)17-9-27(20(30)22(23)4-5-22)12-21(17)6-7-26(19(21)29)8-16-11-31-15(3)25-16/h10-11,13-14,17H,4-9,12H2,1-3H3/t17-,21-/m0/s1. The van der Waals surface area contributed by atoms with Crippen molar-refractivity contribution in [3.05, 3.63) is 34.3 Å². The van der Waals surface area contributed by atoms with Crippen LogP contribution in [-0.2, 0) is 16.1 Å². The Morgan fingerprint density at radius 1 is 1.35 bits per heavy atom. The molecule has 9 heteroatoms. The third-order valence-electron chi connectivity index (χ3n) is 7.04. The molecule has 5 rings (SSSR count). The number of aryl methyl sites for hydroxylation is 1. The predicted octanol–water partition coefficient (Wildman–Crippen LogP) is 3.08. The van der Waals surface area contributed by atoms with Gasteiger partial charge in [-0.2, -0.15) is 0 Å². The van der Waals surface area contributed by atoms with E-state index in [1.807, 2.05) is 28.0 Å².